The lowest BCUT2D eigenvalue weighted by Gasteiger charge is -2.08. The Morgan fingerprint density at radius 2 is 0.487 bits per heavy atom. The van der Waals surface area contributed by atoms with Crippen LogP contribution in [-0.4, -0.2) is 0 Å². The first-order valence-electron chi connectivity index (χ1n) is 13.5. The Labute approximate surface area is 243 Å². The van der Waals surface area contributed by atoms with Crippen LogP contribution in [0.4, 0.5) is 0 Å². The molecule has 0 saturated heterocycles. The molecule has 10 bridgehead atoms. The van der Waals surface area contributed by atoms with Crippen molar-refractivity contribution in [2.75, 3.05) is 0 Å². The molecule has 0 nitrogen and oxygen atoms in total. The van der Waals surface area contributed by atoms with Gasteiger partial charge in [-0.15, -0.1) is 0 Å². The lowest BCUT2D eigenvalue weighted by atomic mass is 10.1. The SMILES string of the molecule is c1cc2cc3ccc2cc1CSCc1ccc2ccc(cc2c1)CSCc1ccc2ccc(cc2c1)CSC3. The van der Waals surface area contributed by atoms with Gasteiger partial charge in [-0.2, -0.15) is 35.3 Å². The van der Waals surface area contributed by atoms with E-state index in [-0.39, 0.29) is 0 Å². The van der Waals surface area contributed by atoms with Gasteiger partial charge in [-0.1, -0.05) is 109 Å². The van der Waals surface area contributed by atoms with Gasteiger partial charge < -0.3 is 0 Å². The molecule has 0 aromatic heterocycles. The molecule has 3 aliphatic rings. The van der Waals surface area contributed by atoms with Crippen LogP contribution in [-0.2, 0) is 34.5 Å². The van der Waals surface area contributed by atoms with Gasteiger partial charge in [0, 0.05) is 34.5 Å². The standard InChI is InChI=1S/C36H30S3/c1-7-31-9-3-29-17-35(31)15-27(1)21-37-19-25-5-11-34-14-26(6-12-33(34)13-25)20-38-22-28-2-8-32-10-4-30(24-39-23-29)18-36(32)16-28/h1-18H,19-24H2. The van der Waals surface area contributed by atoms with Gasteiger partial charge in [0.25, 0.3) is 0 Å². The first-order valence-corrected chi connectivity index (χ1v) is 17.0. The monoisotopic (exact) mass is 558 g/mol. The number of benzene rings is 6. The minimum absolute atomic E-state index is 1.03. The average Bonchev–Trinajstić information content (AvgIpc) is 2.96. The van der Waals surface area contributed by atoms with Crippen LogP contribution in [0.15, 0.2) is 109 Å². The van der Waals surface area contributed by atoms with Crippen molar-refractivity contribution in [2.24, 2.45) is 0 Å². The lowest BCUT2D eigenvalue weighted by molar-refractivity contribution is 1.37. The van der Waals surface area contributed by atoms with E-state index in [0.717, 1.165) is 34.5 Å². The molecule has 0 unspecified atom stereocenters. The summed E-state index contributed by atoms with van der Waals surface area (Å²) in [4.78, 5) is 0. The van der Waals surface area contributed by atoms with Crippen LogP contribution >= 0.6 is 35.3 Å². The second-order valence-electron chi connectivity index (χ2n) is 10.5. The maximum Gasteiger partial charge on any atom is 0.0188 e. The fourth-order valence-corrected chi connectivity index (χ4v) is 8.23. The third kappa shape index (κ3) is 5.87. The minimum Gasteiger partial charge on any atom is -0.152 e. The molecular formula is C36H30S3. The molecule has 0 amide bonds. The second-order valence-corrected chi connectivity index (χ2v) is 13.5. The van der Waals surface area contributed by atoms with Crippen LogP contribution < -0.4 is 0 Å². The number of thioether (sulfide) groups is 3. The van der Waals surface area contributed by atoms with Crippen LogP contribution in [0.2, 0.25) is 0 Å². The molecule has 3 heterocycles. The Hall–Kier alpha value is -2.85. The molecule has 6 aromatic rings. The summed E-state index contributed by atoms with van der Waals surface area (Å²) in [6, 6.07) is 41.8. The Morgan fingerprint density at radius 3 is 0.769 bits per heavy atom. The zero-order chi connectivity index (χ0) is 26.0. The van der Waals surface area contributed by atoms with Crippen LogP contribution in [0.5, 0.6) is 0 Å². The molecule has 0 atom stereocenters. The van der Waals surface area contributed by atoms with Gasteiger partial charge >= 0.3 is 0 Å². The minimum atomic E-state index is 1.03. The highest BCUT2D eigenvalue weighted by Crippen LogP contribution is 2.29. The average molecular weight is 559 g/mol. The highest BCUT2D eigenvalue weighted by molar-refractivity contribution is 7.98. The van der Waals surface area contributed by atoms with E-state index in [1.54, 1.807) is 0 Å². The number of fused-ring (bicyclic) bond motifs is 2. The smallest absolute Gasteiger partial charge is 0.0188 e. The van der Waals surface area contributed by atoms with Crippen LogP contribution in [0.3, 0.4) is 0 Å². The zero-order valence-electron chi connectivity index (χ0n) is 21.9. The van der Waals surface area contributed by atoms with Crippen molar-refractivity contribution in [3.63, 3.8) is 0 Å². The van der Waals surface area contributed by atoms with Crippen molar-refractivity contribution < 1.29 is 0 Å². The van der Waals surface area contributed by atoms with Gasteiger partial charge in [0.05, 0.1) is 0 Å². The van der Waals surface area contributed by atoms with Crippen LogP contribution in [0.1, 0.15) is 33.4 Å². The molecule has 39 heavy (non-hydrogen) atoms. The number of rotatable bonds is 0. The van der Waals surface area contributed by atoms with E-state index in [2.05, 4.69) is 109 Å². The maximum absolute atomic E-state index is 2.39. The summed E-state index contributed by atoms with van der Waals surface area (Å²) in [5, 5.41) is 8.05. The van der Waals surface area contributed by atoms with E-state index in [9.17, 15) is 0 Å². The van der Waals surface area contributed by atoms with E-state index < -0.39 is 0 Å². The summed E-state index contributed by atoms with van der Waals surface area (Å²) in [5.41, 5.74) is 8.42. The van der Waals surface area contributed by atoms with Gasteiger partial charge in [-0.3, -0.25) is 0 Å². The van der Waals surface area contributed by atoms with E-state index in [0.29, 0.717) is 0 Å². The molecule has 0 saturated carbocycles. The third-order valence-electron chi connectivity index (χ3n) is 7.52. The van der Waals surface area contributed by atoms with Gasteiger partial charge in [-0.25, -0.2) is 0 Å². The van der Waals surface area contributed by atoms with E-state index in [4.69, 9.17) is 0 Å². The second kappa shape index (κ2) is 11.3. The molecular weight excluding hydrogens is 529 g/mol. The summed E-state index contributed by atoms with van der Waals surface area (Å²) in [7, 11) is 0. The summed E-state index contributed by atoms with van der Waals surface area (Å²) in [5.74, 6) is 6.21. The highest BCUT2D eigenvalue weighted by atomic mass is 32.2. The Kier molecular flexibility index (Phi) is 7.30. The van der Waals surface area contributed by atoms with Crippen molar-refractivity contribution in [3.05, 3.63) is 143 Å². The summed E-state index contributed by atoms with van der Waals surface area (Å²) >= 11 is 6.01. The van der Waals surface area contributed by atoms with Gasteiger partial charge in [-0.05, 0) is 65.7 Å². The van der Waals surface area contributed by atoms with E-state index in [1.165, 1.54) is 65.7 Å². The van der Waals surface area contributed by atoms with Crippen LogP contribution in [0, 0.1) is 0 Å². The predicted molar refractivity (Wildman–Crippen MR) is 177 cm³/mol. The van der Waals surface area contributed by atoms with Gasteiger partial charge in [0.2, 0.25) is 0 Å². The molecule has 3 heteroatoms. The molecule has 0 radical (unpaired) electrons. The predicted octanol–water partition coefficient (Wildman–Crippen LogP) is 10.8. The molecule has 0 N–H and O–H groups in total. The van der Waals surface area contributed by atoms with Crippen molar-refractivity contribution in [1.82, 2.24) is 0 Å². The molecule has 0 fully saturated rings. The fraction of sp³-hybridized carbons (Fsp3) is 0.167. The quantitative estimate of drug-likeness (QED) is 0.182. The van der Waals surface area contributed by atoms with Crippen molar-refractivity contribution in [2.45, 2.75) is 34.5 Å². The molecule has 192 valence electrons. The number of hydrogen-bond donors (Lipinski definition) is 0. The zero-order valence-corrected chi connectivity index (χ0v) is 24.3. The van der Waals surface area contributed by atoms with Crippen molar-refractivity contribution in [1.29, 1.82) is 0 Å². The highest BCUT2D eigenvalue weighted by Gasteiger charge is 2.05. The normalized spacial score (nSPS) is 14.8. The first-order chi connectivity index (χ1) is 19.2. The first kappa shape index (κ1) is 25.1. The summed E-state index contributed by atoms with van der Waals surface area (Å²) in [6.45, 7) is 0. The Bertz CT molecular complexity index is 1670. The van der Waals surface area contributed by atoms with Crippen molar-refractivity contribution in [3.8, 4) is 0 Å². The largest absolute Gasteiger partial charge is 0.152 e. The fourth-order valence-electron chi connectivity index (χ4n) is 5.43. The summed E-state index contributed by atoms with van der Waals surface area (Å²) < 4.78 is 0. The van der Waals surface area contributed by atoms with E-state index in [1.807, 2.05) is 35.3 Å². The maximum atomic E-state index is 2.39. The molecule has 0 aliphatic carbocycles. The topological polar surface area (TPSA) is 0 Å². The van der Waals surface area contributed by atoms with Crippen LogP contribution in [0.25, 0.3) is 32.3 Å². The number of hydrogen-bond acceptors (Lipinski definition) is 3. The molecule has 6 aromatic carbocycles. The Morgan fingerprint density at radius 1 is 0.256 bits per heavy atom. The molecule has 0 spiro atoms. The third-order valence-corrected chi connectivity index (χ3v) is 10.7. The van der Waals surface area contributed by atoms with Gasteiger partial charge in [0.15, 0.2) is 0 Å². The van der Waals surface area contributed by atoms with E-state index >= 15 is 0 Å². The Balaban J connectivity index is 1.20. The van der Waals surface area contributed by atoms with Crippen molar-refractivity contribution >= 4 is 67.6 Å². The molecule has 9 rings (SSSR count). The molecule has 3 aliphatic heterocycles. The lowest BCUT2D eigenvalue weighted by Crippen LogP contribution is -1.87. The van der Waals surface area contributed by atoms with Gasteiger partial charge in [0.1, 0.15) is 0 Å². The summed E-state index contributed by atoms with van der Waals surface area (Å²) in [6.07, 6.45) is 0.